The summed E-state index contributed by atoms with van der Waals surface area (Å²) in [5.74, 6) is -1.30. The minimum Gasteiger partial charge on any atom is -0.478 e. The van der Waals surface area contributed by atoms with E-state index in [4.69, 9.17) is 5.11 Å². The van der Waals surface area contributed by atoms with Crippen LogP contribution in [0, 0.1) is 12.7 Å². The van der Waals surface area contributed by atoms with Crippen LogP contribution in [-0.2, 0) is 6.42 Å². The van der Waals surface area contributed by atoms with Gasteiger partial charge in [-0.2, -0.15) is 0 Å². The van der Waals surface area contributed by atoms with Gasteiger partial charge < -0.3 is 10.0 Å². The first-order valence-electron chi connectivity index (χ1n) is 11.3. The predicted molar refractivity (Wildman–Crippen MR) is 124 cm³/mol. The fourth-order valence-electron chi connectivity index (χ4n) is 4.39. The number of carboxylic acids is 1. The smallest absolute Gasteiger partial charge is 0.338 e. The van der Waals surface area contributed by atoms with Crippen molar-refractivity contribution < 1.29 is 14.3 Å². The van der Waals surface area contributed by atoms with Crippen LogP contribution in [0.3, 0.4) is 0 Å². The van der Waals surface area contributed by atoms with Crippen molar-refractivity contribution in [3.63, 3.8) is 0 Å². The number of hydrogen-bond donors (Lipinski definition) is 1. The summed E-state index contributed by atoms with van der Waals surface area (Å²) in [4.78, 5) is 26.9. The van der Waals surface area contributed by atoms with E-state index in [1.807, 2.05) is 17.1 Å². The van der Waals surface area contributed by atoms with Gasteiger partial charge in [0, 0.05) is 31.0 Å². The van der Waals surface area contributed by atoms with E-state index >= 15 is 0 Å². The van der Waals surface area contributed by atoms with Gasteiger partial charge in [-0.05, 0) is 49.4 Å². The first-order chi connectivity index (χ1) is 16.5. The fourth-order valence-corrected chi connectivity index (χ4v) is 4.39. The lowest BCUT2D eigenvalue weighted by molar-refractivity contribution is 0.0691. The number of halogens is 1. The van der Waals surface area contributed by atoms with Gasteiger partial charge in [-0.3, -0.25) is 4.98 Å². The number of pyridine rings is 1. The van der Waals surface area contributed by atoms with Crippen LogP contribution in [0.4, 0.5) is 10.3 Å². The molecule has 0 saturated carbocycles. The van der Waals surface area contributed by atoms with Crippen molar-refractivity contribution in [1.82, 2.24) is 29.9 Å². The number of hydrogen-bond acceptors (Lipinski definition) is 7. The summed E-state index contributed by atoms with van der Waals surface area (Å²) in [7, 11) is 0. The van der Waals surface area contributed by atoms with E-state index in [1.54, 1.807) is 25.3 Å². The Balaban J connectivity index is 1.36. The van der Waals surface area contributed by atoms with E-state index < -0.39 is 11.8 Å². The molecule has 1 aromatic carbocycles. The van der Waals surface area contributed by atoms with Gasteiger partial charge in [0.05, 0.1) is 23.5 Å². The molecular formula is C24H24FN7O2. The Morgan fingerprint density at radius 3 is 2.56 bits per heavy atom. The Bertz CT molecular complexity index is 1360. The second-order valence-electron chi connectivity index (χ2n) is 8.46. The second-order valence-corrected chi connectivity index (χ2v) is 8.46. The lowest BCUT2D eigenvalue weighted by atomic mass is 10.0. The van der Waals surface area contributed by atoms with E-state index in [0.717, 1.165) is 49.4 Å². The van der Waals surface area contributed by atoms with Crippen LogP contribution in [0.25, 0.3) is 22.3 Å². The van der Waals surface area contributed by atoms with E-state index in [1.165, 1.54) is 6.07 Å². The summed E-state index contributed by atoms with van der Waals surface area (Å²) in [5, 5.41) is 17.8. The molecule has 0 atom stereocenters. The minimum absolute atomic E-state index is 0.179. The highest BCUT2D eigenvalue weighted by atomic mass is 19.1. The molecule has 1 N–H and O–H groups in total. The first-order valence-corrected chi connectivity index (χ1v) is 11.3. The van der Waals surface area contributed by atoms with Gasteiger partial charge in [-0.1, -0.05) is 18.2 Å². The minimum atomic E-state index is -1.30. The van der Waals surface area contributed by atoms with Gasteiger partial charge >= 0.3 is 5.97 Å². The first kappa shape index (κ1) is 21.9. The number of fused-ring (bicyclic) bond motifs is 1. The molecule has 174 valence electrons. The third-order valence-electron chi connectivity index (χ3n) is 6.44. The molecule has 0 spiro atoms. The number of aryl methyl sites for hydroxylation is 1. The number of nitrogens with zero attached hydrogens (tertiary/aromatic N) is 7. The molecule has 0 bridgehead atoms. The molecule has 3 aromatic heterocycles. The van der Waals surface area contributed by atoms with Crippen molar-refractivity contribution in [2.45, 2.75) is 39.2 Å². The van der Waals surface area contributed by atoms with Crippen molar-refractivity contribution in [3.05, 3.63) is 59.3 Å². The summed E-state index contributed by atoms with van der Waals surface area (Å²) in [6.45, 7) is 5.26. The molecule has 1 saturated heterocycles. The molecule has 1 aliphatic rings. The molecular weight excluding hydrogens is 437 g/mol. The van der Waals surface area contributed by atoms with Crippen molar-refractivity contribution >= 4 is 23.0 Å². The van der Waals surface area contributed by atoms with Crippen molar-refractivity contribution in [2.24, 2.45) is 0 Å². The Kier molecular flexibility index (Phi) is 5.64. The second kappa shape index (κ2) is 8.77. The summed E-state index contributed by atoms with van der Waals surface area (Å²) >= 11 is 0. The van der Waals surface area contributed by atoms with Crippen molar-refractivity contribution in [1.29, 1.82) is 0 Å². The van der Waals surface area contributed by atoms with Crippen molar-refractivity contribution in [3.8, 4) is 11.3 Å². The zero-order chi connectivity index (χ0) is 23.8. The topological polar surface area (TPSA) is 110 Å². The molecule has 9 nitrogen and oxygen atoms in total. The van der Waals surface area contributed by atoms with Crippen LogP contribution in [-0.4, -0.2) is 54.1 Å². The molecule has 0 unspecified atom stereocenters. The van der Waals surface area contributed by atoms with E-state index in [2.05, 4.69) is 37.1 Å². The average Bonchev–Trinajstić information content (AvgIpc) is 3.29. The van der Waals surface area contributed by atoms with Gasteiger partial charge in [-0.15, -0.1) is 5.10 Å². The fraction of sp³-hybridized carbons (Fsp3) is 0.333. The van der Waals surface area contributed by atoms with Crippen LogP contribution in [0.1, 0.15) is 47.3 Å². The van der Waals surface area contributed by atoms with Gasteiger partial charge in [-0.25, -0.2) is 23.8 Å². The zero-order valence-corrected chi connectivity index (χ0v) is 18.9. The average molecular weight is 462 g/mol. The highest BCUT2D eigenvalue weighted by Crippen LogP contribution is 2.30. The number of anilines is 1. The maximum atomic E-state index is 14.5. The maximum Gasteiger partial charge on any atom is 0.338 e. The number of rotatable bonds is 5. The lowest BCUT2D eigenvalue weighted by Crippen LogP contribution is -2.36. The number of piperidine rings is 1. The molecule has 1 fully saturated rings. The molecule has 0 radical (unpaired) electrons. The summed E-state index contributed by atoms with van der Waals surface area (Å²) in [6.07, 6.45) is 8.13. The van der Waals surface area contributed by atoms with Crippen LogP contribution >= 0.6 is 0 Å². The highest BCUT2D eigenvalue weighted by Gasteiger charge is 2.25. The van der Waals surface area contributed by atoms with Crippen LogP contribution in [0.2, 0.25) is 0 Å². The van der Waals surface area contributed by atoms with E-state index in [9.17, 15) is 9.18 Å². The van der Waals surface area contributed by atoms with Crippen LogP contribution in [0.5, 0.6) is 0 Å². The zero-order valence-electron chi connectivity index (χ0n) is 18.9. The van der Waals surface area contributed by atoms with Crippen LogP contribution < -0.4 is 4.90 Å². The number of aromatic nitrogens is 6. The largest absolute Gasteiger partial charge is 0.478 e. The summed E-state index contributed by atoms with van der Waals surface area (Å²) < 4.78 is 16.4. The molecule has 5 rings (SSSR count). The highest BCUT2D eigenvalue weighted by molar-refractivity contribution is 5.89. The third-order valence-corrected chi connectivity index (χ3v) is 6.44. The third kappa shape index (κ3) is 3.85. The predicted octanol–water partition coefficient (Wildman–Crippen LogP) is 3.83. The molecule has 10 heteroatoms. The van der Waals surface area contributed by atoms with Crippen LogP contribution in [0.15, 0.2) is 36.8 Å². The molecule has 4 aromatic rings. The standard InChI is InChI=1S/C24H24FN7O2/c1-3-15-11-27-24(28-12-15)31-8-6-16(7-9-31)32-21-13-26-19(10-20(21)29-30-32)17-4-5-18(23(33)34)22(25)14(17)2/h4-5,10-13,16H,3,6-9H2,1-2H3,(H,33,34). The van der Waals surface area contributed by atoms with Crippen molar-refractivity contribution in [2.75, 3.05) is 18.0 Å². The molecule has 4 heterocycles. The van der Waals surface area contributed by atoms with E-state index in [0.29, 0.717) is 16.8 Å². The molecule has 0 amide bonds. The summed E-state index contributed by atoms with van der Waals surface area (Å²) in [5.41, 5.74) is 3.53. The van der Waals surface area contributed by atoms with Gasteiger partial charge in [0.15, 0.2) is 0 Å². The van der Waals surface area contributed by atoms with Gasteiger partial charge in [0.25, 0.3) is 0 Å². The normalized spacial score (nSPS) is 14.6. The number of carbonyl (C=O) groups is 1. The van der Waals surface area contributed by atoms with Gasteiger partial charge in [0.2, 0.25) is 5.95 Å². The Hall–Kier alpha value is -3.95. The monoisotopic (exact) mass is 461 g/mol. The summed E-state index contributed by atoms with van der Waals surface area (Å²) in [6, 6.07) is 4.78. The Morgan fingerprint density at radius 1 is 1.15 bits per heavy atom. The number of aromatic carboxylic acids is 1. The molecule has 0 aliphatic carbocycles. The number of benzene rings is 1. The lowest BCUT2D eigenvalue weighted by Gasteiger charge is -2.32. The van der Waals surface area contributed by atoms with E-state index in [-0.39, 0.29) is 17.2 Å². The maximum absolute atomic E-state index is 14.5. The Morgan fingerprint density at radius 2 is 1.88 bits per heavy atom. The van der Waals surface area contributed by atoms with Gasteiger partial charge in [0.1, 0.15) is 16.9 Å². The Labute approximate surface area is 195 Å². The SMILES string of the molecule is CCc1cnc(N2CCC(n3nnc4cc(-c5ccc(C(=O)O)c(F)c5C)ncc43)CC2)nc1. The molecule has 34 heavy (non-hydrogen) atoms. The molecule has 1 aliphatic heterocycles. The number of carboxylic acid groups (broad SMARTS) is 1. The quantitative estimate of drug-likeness (QED) is 0.477.